The van der Waals surface area contributed by atoms with Gasteiger partial charge in [-0.15, -0.1) is 0 Å². The van der Waals surface area contributed by atoms with E-state index in [0.29, 0.717) is 24.4 Å². The molecule has 0 unspecified atom stereocenters. The van der Waals surface area contributed by atoms with E-state index in [9.17, 15) is 14.7 Å². The number of aryl methyl sites for hydroxylation is 1. The molecule has 2 aromatic rings. The molecule has 160 valence electrons. The number of benzene rings is 2. The first kappa shape index (κ1) is 22.0. The van der Waals surface area contributed by atoms with Gasteiger partial charge in [-0.3, -0.25) is 9.59 Å². The second kappa shape index (κ2) is 10.4. The molecule has 1 N–H and O–H groups in total. The highest BCUT2D eigenvalue weighted by atomic mass is 16.5. The number of nitrogens with zero attached hydrogens (tertiary/aromatic N) is 1. The Labute approximate surface area is 178 Å². The Morgan fingerprint density at radius 2 is 1.83 bits per heavy atom. The normalized spacial score (nSPS) is 18.8. The van der Waals surface area contributed by atoms with Crippen LogP contribution in [-0.4, -0.2) is 48.0 Å². The van der Waals surface area contributed by atoms with Crippen LogP contribution in [0, 0.1) is 5.41 Å². The van der Waals surface area contributed by atoms with E-state index in [2.05, 4.69) is 12.1 Å². The molecule has 1 heterocycles. The number of ether oxygens (including phenoxy) is 1. The third-order valence-electron chi connectivity index (χ3n) is 5.99. The molecule has 1 amide bonds. The lowest BCUT2D eigenvalue weighted by Gasteiger charge is -2.42. The summed E-state index contributed by atoms with van der Waals surface area (Å²) in [5, 5.41) is 10.1. The van der Waals surface area contributed by atoms with E-state index >= 15 is 0 Å². The number of Topliss-reactive ketones (excluding diaryl/α,β-unsaturated/α-hetero) is 1. The van der Waals surface area contributed by atoms with E-state index in [1.54, 1.807) is 24.3 Å². The number of aliphatic hydroxyl groups is 1. The van der Waals surface area contributed by atoms with Gasteiger partial charge < -0.3 is 14.7 Å². The Bertz CT molecular complexity index is 834. The number of carbonyl (C=O) groups excluding carboxylic acids is 2. The molecule has 1 saturated heterocycles. The van der Waals surface area contributed by atoms with Gasteiger partial charge in [0.05, 0.1) is 6.61 Å². The maximum Gasteiger partial charge on any atom is 0.260 e. The molecule has 1 aliphatic heterocycles. The topological polar surface area (TPSA) is 66.8 Å². The highest BCUT2D eigenvalue weighted by molar-refractivity contribution is 5.94. The van der Waals surface area contributed by atoms with Gasteiger partial charge in [0.25, 0.3) is 5.91 Å². The number of aliphatic hydroxyl groups excluding tert-OH is 1. The van der Waals surface area contributed by atoms with Crippen LogP contribution < -0.4 is 4.74 Å². The van der Waals surface area contributed by atoms with Gasteiger partial charge >= 0.3 is 0 Å². The maximum atomic E-state index is 12.7. The molecule has 30 heavy (non-hydrogen) atoms. The molecule has 0 spiro atoms. The van der Waals surface area contributed by atoms with Crippen LogP contribution in [0.3, 0.4) is 0 Å². The molecule has 2 aromatic carbocycles. The minimum atomic E-state index is -0.230. The summed E-state index contributed by atoms with van der Waals surface area (Å²) < 4.78 is 5.63. The average Bonchev–Trinajstić information content (AvgIpc) is 2.78. The lowest BCUT2D eigenvalue weighted by Crippen LogP contribution is -2.49. The lowest BCUT2D eigenvalue weighted by atomic mass is 9.76. The number of hydrogen-bond donors (Lipinski definition) is 1. The van der Waals surface area contributed by atoms with Crippen molar-refractivity contribution < 1.29 is 19.4 Å². The van der Waals surface area contributed by atoms with Crippen molar-refractivity contribution in [2.24, 2.45) is 5.41 Å². The van der Waals surface area contributed by atoms with E-state index in [4.69, 9.17) is 4.74 Å². The van der Waals surface area contributed by atoms with E-state index in [1.165, 1.54) is 12.5 Å². The Morgan fingerprint density at radius 3 is 2.50 bits per heavy atom. The van der Waals surface area contributed by atoms with Crippen LogP contribution in [0.2, 0.25) is 0 Å². The van der Waals surface area contributed by atoms with Gasteiger partial charge in [-0.25, -0.2) is 0 Å². The summed E-state index contributed by atoms with van der Waals surface area (Å²) in [6.45, 7) is 2.85. The van der Waals surface area contributed by atoms with Crippen LogP contribution in [0.5, 0.6) is 5.75 Å². The SMILES string of the molecule is CC(=O)c1ccc(OCC(=O)N2CCC[C@@](CO)(CCCc3ccccc3)C2)cc1. The third-order valence-corrected chi connectivity index (χ3v) is 5.99. The van der Waals surface area contributed by atoms with Gasteiger partial charge in [-0.2, -0.15) is 0 Å². The summed E-state index contributed by atoms with van der Waals surface area (Å²) in [6.07, 6.45) is 4.71. The molecule has 1 fully saturated rings. The van der Waals surface area contributed by atoms with Gasteiger partial charge in [-0.05, 0) is 68.9 Å². The van der Waals surface area contributed by atoms with Gasteiger partial charge in [0.15, 0.2) is 12.4 Å². The van der Waals surface area contributed by atoms with Crippen molar-refractivity contribution in [2.45, 2.75) is 39.0 Å². The van der Waals surface area contributed by atoms with E-state index < -0.39 is 0 Å². The Hall–Kier alpha value is -2.66. The van der Waals surface area contributed by atoms with Crippen LogP contribution in [0.15, 0.2) is 54.6 Å². The van der Waals surface area contributed by atoms with Crippen LogP contribution in [0.25, 0.3) is 0 Å². The molecule has 0 saturated carbocycles. The first-order valence-electron chi connectivity index (χ1n) is 10.7. The highest BCUT2D eigenvalue weighted by Gasteiger charge is 2.36. The van der Waals surface area contributed by atoms with Crippen molar-refractivity contribution >= 4 is 11.7 Å². The maximum absolute atomic E-state index is 12.7. The first-order chi connectivity index (χ1) is 14.5. The van der Waals surface area contributed by atoms with Crippen molar-refractivity contribution in [2.75, 3.05) is 26.3 Å². The standard InChI is InChI=1S/C25H31NO4/c1-20(28)22-10-12-23(13-11-22)30-17-24(29)26-16-6-15-25(18-26,19-27)14-5-9-21-7-3-2-4-8-21/h2-4,7-8,10-13,27H,5-6,9,14-19H2,1H3/t25-/m0/s1. The summed E-state index contributed by atoms with van der Waals surface area (Å²) in [4.78, 5) is 25.9. The average molecular weight is 410 g/mol. The number of rotatable bonds is 9. The molecule has 0 aliphatic carbocycles. The quantitative estimate of drug-likeness (QED) is 0.638. The van der Waals surface area contributed by atoms with Crippen LogP contribution in [0.4, 0.5) is 0 Å². The molecule has 0 radical (unpaired) electrons. The predicted molar refractivity (Wildman–Crippen MR) is 117 cm³/mol. The van der Waals surface area contributed by atoms with Crippen LogP contribution >= 0.6 is 0 Å². The number of likely N-dealkylation sites (tertiary alicyclic amines) is 1. The molecular formula is C25H31NO4. The highest BCUT2D eigenvalue weighted by Crippen LogP contribution is 2.35. The van der Waals surface area contributed by atoms with Crippen LogP contribution in [-0.2, 0) is 11.2 Å². The molecule has 3 rings (SSSR count). The fourth-order valence-corrected chi connectivity index (χ4v) is 4.17. The molecule has 0 bridgehead atoms. The lowest BCUT2D eigenvalue weighted by molar-refractivity contribution is -0.138. The molecule has 1 aliphatic rings. The van der Waals surface area contributed by atoms with Gasteiger partial charge in [0.2, 0.25) is 0 Å². The smallest absolute Gasteiger partial charge is 0.260 e. The number of amides is 1. The summed E-state index contributed by atoms with van der Waals surface area (Å²) >= 11 is 0. The first-order valence-corrected chi connectivity index (χ1v) is 10.7. The molecule has 5 heteroatoms. The van der Waals surface area contributed by atoms with Crippen molar-refractivity contribution in [3.63, 3.8) is 0 Å². The molecule has 5 nitrogen and oxygen atoms in total. The zero-order chi connectivity index (χ0) is 21.4. The Morgan fingerprint density at radius 1 is 1.10 bits per heavy atom. The van der Waals surface area contributed by atoms with E-state index in [0.717, 1.165) is 32.1 Å². The third kappa shape index (κ3) is 5.92. The number of hydrogen-bond acceptors (Lipinski definition) is 4. The monoisotopic (exact) mass is 409 g/mol. The molecule has 1 atom stereocenters. The Balaban J connectivity index is 1.51. The van der Waals surface area contributed by atoms with Gasteiger partial charge in [0.1, 0.15) is 5.75 Å². The molecule has 0 aromatic heterocycles. The van der Waals surface area contributed by atoms with Crippen molar-refractivity contribution in [3.8, 4) is 5.75 Å². The fourth-order valence-electron chi connectivity index (χ4n) is 4.17. The number of piperidine rings is 1. The minimum Gasteiger partial charge on any atom is -0.484 e. The van der Waals surface area contributed by atoms with Gasteiger partial charge in [-0.1, -0.05) is 30.3 Å². The summed E-state index contributed by atoms with van der Waals surface area (Å²) in [7, 11) is 0. The van der Waals surface area contributed by atoms with E-state index in [-0.39, 0.29) is 30.3 Å². The molecular weight excluding hydrogens is 378 g/mol. The summed E-state index contributed by atoms with van der Waals surface area (Å²) in [5.41, 5.74) is 1.69. The van der Waals surface area contributed by atoms with Crippen molar-refractivity contribution in [3.05, 3.63) is 65.7 Å². The number of carbonyl (C=O) groups is 2. The second-order valence-corrected chi connectivity index (χ2v) is 8.29. The number of ketones is 1. The summed E-state index contributed by atoms with van der Waals surface area (Å²) in [6, 6.07) is 17.2. The fraction of sp³-hybridized carbons (Fsp3) is 0.440. The second-order valence-electron chi connectivity index (χ2n) is 8.29. The van der Waals surface area contributed by atoms with Gasteiger partial charge in [0, 0.05) is 24.1 Å². The Kier molecular flexibility index (Phi) is 7.63. The van der Waals surface area contributed by atoms with Crippen molar-refractivity contribution in [1.29, 1.82) is 0 Å². The zero-order valence-corrected chi connectivity index (χ0v) is 17.7. The predicted octanol–water partition coefficient (Wildman–Crippen LogP) is 3.89. The van der Waals surface area contributed by atoms with Crippen molar-refractivity contribution in [1.82, 2.24) is 4.90 Å². The zero-order valence-electron chi connectivity index (χ0n) is 17.7. The minimum absolute atomic E-state index is 0.00134. The van der Waals surface area contributed by atoms with Crippen LogP contribution in [0.1, 0.15) is 48.5 Å². The largest absolute Gasteiger partial charge is 0.484 e. The van der Waals surface area contributed by atoms with E-state index in [1.807, 2.05) is 23.1 Å². The summed E-state index contributed by atoms with van der Waals surface area (Å²) in [5.74, 6) is 0.506.